The Morgan fingerprint density at radius 2 is 1.73 bits per heavy atom. The van der Waals surface area contributed by atoms with E-state index in [0.717, 1.165) is 29.7 Å². The van der Waals surface area contributed by atoms with E-state index in [2.05, 4.69) is 46.7 Å². The molecule has 7 heteroatoms. The van der Waals surface area contributed by atoms with Crippen molar-refractivity contribution in [3.05, 3.63) is 72.1 Å². The van der Waals surface area contributed by atoms with Crippen LogP contribution in [0.4, 0.5) is 0 Å². The van der Waals surface area contributed by atoms with Crippen molar-refractivity contribution in [2.75, 3.05) is 27.2 Å². The molecule has 2 amide bonds. The van der Waals surface area contributed by atoms with Crippen LogP contribution < -0.4 is 0 Å². The molecule has 1 fully saturated rings. The van der Waals surface area contributed by atoms with Gasteiger partial charge in [0.15, 0.2) is 0 Å². The van der Waals surface area contributed by atoms with Crippen molar-refractivity contribution < 1.29 is 9.59 Å². The molecule has 0 N–H and O–H groups in total. The van der Waals surface area contributed by atoms with Crippen LogP contribution in [-0.2, 0) is 22.6 Å². The largest absolute Gasteiger partial charge is 0.348 e. The van der Waals surface area contributed by atoms with Crippen LogP contribution in [0.2, 0.25) is 0 Å². The highest BCUT2D eigenvalue weighted by molar-refractivity contribution is 5.84. The first-order chi connectivity index (χ1) is 15.9. The van der Waals surface area contributed by atoms with Crippen molar-refractivity contribution in [2.45, 2.75) is 32.7 Å². The van der Waals surface area contributed by atoms with E-state index in [1.165, 1.54) is 5.56 Å². The topological polar surface area (TPSA) is 71.3 Å². The number of likely N-dealkylation sites (tertiary alicyclic amines) is 1. The van der Waals surface area contributed by atoms with Gasteiger partial charge in [0.2, 0.25) is 11.8 Å². The van der Waals surface area contributed by atoms with E-state index >= 15 is 0 Å². The maximum Gasteiger partial charge on any atom is 0.244 e. The van der Waals surface area contributed by atoms with E-state index in [0.29, 0.717) is 19.5 Å². The Kier molecular flexibility index (Phi) is 6.58. The molecule has 2 aromatic carbocycles. The van der Waals surface area contributed by atoms with Gasteiger partial charge in [0.05, 0.1) is 11.1 Å². The molecule has 3 aromatic rings. The highest BCUT2D eigenvalue weighted by atomic mass is 16.2. The molecular weight excluding hydrogens is 414 g/mol. The Morgan fingerprint density at radius 3 is 2.36 bits per heavy atom. The van der Waals surface area contributed by atoms with Crippen molar-refractivity contribution in [1.29, 1.82) is 0 Å². The number of hydrogen-bond acceptors (Lipinski definition) is 4. The summed E-state index contributed by atoms with van der Waals surface area (Å²) in [5, 5.41) is 7.96. The summed E-state index contributed by atoms with van der Waals surface area (Å²) < 4.78 is 1.56. The number of rotatable bonds is 6. The van der Waals surface area contributed by atoms with Gasteiger partial charge in [0.1, 0.15) is 6.54 Å². The van der Waals surface area contributed by atoms with Gasteiger partial charge in [-0.05, 0) is 42.9 Å². The molecule has 33 heavy (non-hydrogen) atoms. The van der Waals surface area contributed by atoms with Gasteiger partial charge in [-0.15, -0.1) is 5.10 Å². The predicted molar refractivity (Wildman–Crippen MR) is 127 cm³/mol. The molecule has 0 bridgehead atoms. The third-order valence-electron chi connectivity index (χ3n) is 6.34. The van der Waals surface area contributed by atoms with Crippen LogP contribution >= 0.6 is 0 Å². The van der Waals surface area contributed by atoms with Crippen molar-refractivity contribution in [1.82, 2.24) is 24.8 Å². The van der Waals surface area contributed by atoms with E-state index < -0.39 is 5.41 Å². The Morgan fingerprint density at radius 1 is 1.03 bits per heavy atom. The molecule has 0 radical (unpaired) electrons. The lowest BCUT2D eigenvalue weighted by atomic mass is 9.73. The van der Waals surface area contributed by atoms with E-state index in [-0.39, 0.29) is 18.4 Å². The molecular formula is C26H31N5O2. The van der Waals surface area contributed by atoms with Gasteiger partial charge in [-0.1, -0.05) is 59.8 Å². The Hall–Kier alpha value is -3.48. The summed E-state index contributed by atoms with van der Waals surface area (Å²) in [5.41, 5.74) is 3.56. The first kappa shape index (κ1) is 22.7. The first-order valence-corrected chi connectivity index (χ1v) is 11.4. The zero-order valence-corrected chi connectivity index (χ0v) is 19.6. The molecule has 1 aliphatic rings. The highest BCUT2D eigenvalue weighted by Crippen LogP contribution is 2.36. The van der Waals surface area contributed by atoms with Crippen LogP contribution in [-0.4, -0.2) is 63.8 Å². The smallest absolute Gasteiger partial charge is 0.244 e. The Labute approximate surface area is 195 Å². The number of benzene rings is 2. The zero-order valence-electron chi connectivity index (χ0n) is 19.6. The number of nitrogens with zero attached hydrogens (tertiary/aromatic N) is 5. The average molecular weight is 446 g/mol. The summed E-state index contributed by atoms with van der Waals surface area (Å²) in [5.74, 6) is 0.0405. The monoisotopic (exact) mass is 445 g/mol. The zero-order chi connectivity index (χ0) is 23.4. The molecule has 1 aliphatic heterocycles. The number of aromatic nitrogens is 3. The van der Waals surface area contributed by atoms with Crippen molar-refractivity contribution >= 4 is 11.8 Å². The highest BCUT2D eigenvalue weighted by Gasteiger charge is 2.44. The van der Waals surface area contributed by atoms with E-state index in [4.69, 9.17) is 0 Å². The molecule has 4 rings (SSSR count). The fraction of sp³-hybridized carbons (Fsp3) is 0.385. The molecule has 7 nitrogen and oxygen atoms in total. The number of piperidine rings is 1. The second kappa shape index (κ2) is 9.57. The Bertz CT molecular complexity index is 1110. The molecule has 172 valence electrons. The van der Waals surface area contributed by atoms with E-state index in [1.54, 1.807) is 29.9 Å². The number of aryl methyl sites for hydroxylation is 1. The lowest BCUT2D eigenvalue weighted by molar-refractivity contribution is -0.147. The van der Waals surface area contributed by atoms with Crippen LogP contribution in [0.15, 0.2) is 60.8 Å². The molecule has 1 atom stereocenters. The SMILES string of the molecule is Cc1cn(CC(=O)N2CCC[C@](Cc3ccc(-c4ccccc4)cc3)(C(=O)N(C)C)C2)nn1. The maximum absolute atomic E-state index is 13.4. The summed E-state index contributed by atoms with van der Waals surface area (Å²) in [6.07, 6.45) is 3.92. The van der Waals surface area contributed by atoms with Crippen LogP contribution in [0, 0.1) is 12.3 Å². The normalized spacial score (nSPS) is 18.2. The van der Waals surface area contributed by atoms with Gasteiger partial charge >= 0.3 is 0 Å². The summed E-state index contributed by atoms with van der Waals surface area (Å²) in [6.45, 7) is 3.05. The second-order valence-electron chi connectivity index (χ2n) is 9.20. The average Bonchev–Trinajstić information content (AvgIpc) is 3.24. The van der Waals surface area contributed by atoms with Crippen LogP contribution in [0.25, 0.3) is 11.1 Å². The molecule has 2 heterocycles. The van der Waals surface area contributed by atoms with Crippen LogP contribution in [0.3, 0.4) is 0 Å². The number of hydrogen-bond donors (Lipinski definition) is 0. The van der Waals surface area contributed by atoms with Crippen LogP contribution in [0.5, 0.6) is 0 Å². The maximum atomic E-state index is 13.4. The van der Waals surface area contributed by atoms with Gasteiger partial charge in [-0.25, -0.2) is 4.68 Å². The van der Waals surface area contributed by atoms with Gasteiger partial charge in [-0.3, -0.25) is 9.59 Å². The van der Waals surface area contributed by atoms with Gasteiger partial charge in [0, 0.05) is 33.4 Å². The minimum absolute atomic E-state index is 0.0324. The number of amides is 2. The lowest BCUT2D eigenvalue weighted by Crippen LogP contribution is -2.54. The standard InChI is InChI=1S/C26H31N5O2/c1-20-17-31(28-27-20)18-24(32)30-15-7-14-26(19-30,25(33)29(2)3)16-21-10-12-23(13-11-21)22-8-5-4-6-9-22/h4-6,8-13,17H,7,14-16,18-19H2,1-3H3/t26-/m1/s1. The summed E-state index contributed by atoms with van der Waals surface area (Å²) >= 11 is 0. The second-order valence-corrected chi connectivity index (χ2v) is 9.20. The quantitative estimate of drug-likeness (QED) is 0.584. The fourth-order valence-electron chi connectivity index (χ4n) is 4.76. The molecule has 1 aromatic heterocycles. The summed E-state index contributed by atoms with van der Waals surface area (Å²) in [7, 11) is 3.59. The summed E-state index contributed by atoms with van der Waals surface area (Å²) in [4.78, 5) is 29.9. The molecule has 1 saturated heterocycles. The van der Waals surface area contributed by atoms with Crippen molar-refractivity contribution in [2.24, 2.45) is 5.41 Å². The van der Waals surface area contributed by atoms with Crippen molar-refractivity contribution in [3.8, 4) is 11.1 Å². The predicted octanol–water partition coefficient (Wildman–Crippen LogP) is 3.19. The minimum atomic E-state index is -0.635. The van der Waals surface area contributed by atoms with Gasteiger partial charge in [-0.2, -0.15) is 0 Å². The lowest BCUT2D eigenvalue weighted by Gasteiger charge is -2.43. The number of carbonyl (C=O) groups is 2. The minimum Gasteiger partial charge on any atom is -0.348 e. The van der Waals surface area contributed by atoms with Crippen LogP contribution in [0.1, 0.15) is 24.1 Å². The fourth-order valence-corrected chi connectivity index (χ4v) is 4.76. The Balaban J connectivity index is 1.54. The van der Waals surface area contributed by atoms with Gasteiger partial charge < -0.3 is 9.80 Å². The number of carbonyl (C=O) groups excluding carboxylic acids is 2. The third-order valence-corrected chi connectivity index (χ3v) is 6.34. The first-order valence-electron chi connectivity index (χ1n) is 11.4. The summed E-state index contributed by atoms with van der Waals surface area (Å²) in [6, 6.07) is 18.7. The molecule has 0 aliphatic carbocycles. The molecule has 0 saturated carbocycles. The van der Waals surface area contributed by atoms with Crippen molar-refractivity contribution in [3.63, 3.8) is 0 Å². The molecule has 0 spiro atoms. The molecule has 0 unspecified atom stereocenters. The van der Waals surface area contributed by atoms with E-state index in [1.807, 2.05) is 30.0 Å². The third kappa shape index (κ3) is 5.13. The van der Waals surface area contributed by atoms with Gasteiger partial charge in [0.25, 0.3) is 0 Å². The van der Waals surface area contributed by atoms with E-state index in [9.17, 15) is 9.59 Å².